The van der Waals surface area contributed by atoms with Crippen molar-refractivity contribution in [2.24, 2.45) is 0 Å². The molecule has 94 valence electrons. The molecule has 3 aromatic rings. The van der Waals surface area contributed by atoms with Crippen LogP contribution >= 0.6 is 0 Å². The van der Waals surface area contributed by atoms with Gasteiger partial charge in [-0.25, -0.2) is 19.6 Å². The van der Waals surface area contributed by atoms with Crippen molar-refractivity contribution < 1.29 is 0 Å². The zero-order valence-electron chi connectivity index (χ0n) is 10.2. The van der Waals surface area contributed by atoms with Crippen molar-refractivity contribution in [2.45, 2.75) is 18.9 Å². The average Bonchev–Trinajstić information content (AvgIpc) is 3.21. The molecular weight excluding hydrogens is 240 g/mol. The lowest BCUT2D eigenvalue weighted by Crippen LogP contribution is -1.97. The van der Waals surface area contributed by atoms with E-state index in [4.69, 9.17) is 5.73 Å². The van der Waals surface area contributed by atoms with Crippen LogP contribution in [-0.4, -0.2) is 24.7 Å². The summed E-state index contributed by atoms with van der Waals surface area (Å²) in [6.45, 7) is 0. The molecule has 1 fully saturated rings. The number of nitrogens with two attached hydrogens (primary N) is 1. The lowest BCUT2D eigenvalue weighted by molar-refractivity contribution is 0.660. The third kappa shape index (κ3) is 1.64. The van der Waals surface area contributed by atoms with Gasteiger partial charge in [-0.3, -0.25) is 0 Å². The number of hydrogen-bond donors (Lipinski definition) is 1. The highest BCUT2D eigenvalue weighted by Gasteiger charge is 2.28. The number of fused-ring (bicyclic) bond motifs is 1. The summed E-state index contributed by atoms with van der Waals surface area (Å²) in [5.74, 6) is 0.505. The van der Waals surface area contributed by atoms with Crippen LogP contribution in [0, 0.1) is 0 Å². The van der Waals surface area contributed by atoms with Gasteiger partial charge in [0.2, 0.25) is 0 Å². The van der Waals surface area contributed by atoms with Crippen LogP contribution in [0.15, 0.2) is 30.9 Å². The fourth-order valence-electron chi connectivity index (χ4n) is 2.21. The smallest absolute Gasteiger partial charge is 0.162 e. The van der Waals surface area contributed by atoms with Crippen LogP contribution in [0.4, 0.5) is 5.82 Å². The van der Waals surface area contributed by atoms with Gasteiger partial charge in [-0.2, -0.15) is 5.10 Å². The summed E-state index contributed by atoms with van der Waals surface area (Å²) in [6, 6.07) is 4.18. The molecule has 0 aromatic carbocycles. The Balaban J connectivity index is 1.96. The molecule has 1 saturated carbocycles. The lowest BCUT2D eigenvalue weighted by Gasteiger charge is -1.98. The molecule has 4 rings (SSSR count). The fourth-order valence-corrected chi connectivity index (χ4v) is 2.21. The SMILES string of the molecule is Nc1ccc(-c2nn(C3CC3)c3ncncc23)cn1. The van der Waals surface area contributed by atoms with E-state index in [1.807, 2.05) is 10.7 Å². The maximum atomic E-state index is 5.62. The van der Waals surface area contributed by atoms with Crippen molar-refractivity contribution in [3.8, 4) is 11.3 Å². The van der Waals surface area contributed by atoms with E-state index in [0.717, 1.165) is 22.3 Å². The van der Waals surface area contributed by atoms with Gasteiger partial charge >= 0.3 is 0 Å². The molecule has 0 aliphatic heterocycles. The third-order valence-electron chi connectivity index (χ3n) is 3.32. The molecule has 19 heavy (non-hydrogen) atoms. The minimum Gasteiger partial charge on any atom is -0.384 e. The normalized spacial score (nSPS) is 14.9. The summed E-state index contributed by atoms with van der Waals surface area (Å²) in [5.41, 5.74) is 8.32. The van der Waals surface area contributed by atoms with E-state index < -0.39 is 0 Å². The number of pyridine rings is 1. The number of aromatic nitrogens is 5. The van der Waals surface area contributed by atoms with Gasteiger partial charge in [-0.1, -0.05) is 0 Å². The summed E-state index contributed by atoms with van der Waals surface area (Å²) < 4.78 is 2.00. The van der Waals surface area contributed by atoms with Gasteiger partial charge in [0.1, 0.15) is 17.8 Å². The molecule has 0 bridgehead atoms. The molecule has 0 amide bonds. The lowest BCUT2D eigenvalue weighted by atomic mass is 10.1. The van der Waals surface area contributed by atoms with Crippen molar-refractivity contribution in [2.75, 3.05) is 5.73 Å². The van der Waals surface area contributed by atoms with Gasteiger partial charge in [-0.15, -0.1) is 0 Å². The van der Waals surface area contributed by atoms with Gasteiger partial charge in [0.05, 0.1) is 11.4 Å². The van der Waals surface area contributed by atoms with Crippen molar-refractivity contribution in [3.05, 3.63) is 30.9 Å². The first-order chi connectivity index (χ1) is 9.33. The summed E-state index contributed by atoms with van der Waals surface area (Å²) in [5, 5.41) is 5.64. The van der Waals surface area contributed by atoms with Crippen LogP contribution in [0.3, 0.4) is 0 Å². The maximum absolute atomic E-state index is 5.62. The fraction of sp³-hybridized carbons (Fsp3) is 0.231. The van der Waals surface area contributed by atoms with Crippen molar-refractivity contribution >= 4 is 16.9 Å². The Kier molecular flexibility index (Phi) is 2.05. The Morgan fingerprint density at radius 3 is 2.79 bits per heavy atom. The molecule has 0 unspecified atom stereocenters. The van der Waals surface area contributed by atoms with Crippen LogP contribution < -0.4 is 5.73 Å². The molecule has 3 aromatic heterocycles. The largest absolute Gasteiger partial charge is 0.384 e. The summed E-state index contributed by atoms with van der Waals surface area (Å²) >= 11 is 0. The van der Waals surface area contributed by atoms with Gasteiger partial charge in [-0.05, 0) is 25.0 Å². The van der Waals surface area contributed by atoms with E-state index in [1.165, 1.54) is 12.8 Å². The van der Waals surface area contributed by atoms with E-state index in [2.05, 4.69) is 20.1 Å². The van der Waals surface area contributed by atoms with E-state index >= 15 is 0 Å². The predicted octanol–water partition coefficient (Wildman–Crippen LogP) is 1.81. The standard InChI is InChI=1S/C13H12N6/c14-11-4-1-8(5-16-11)12-10-6-15-7-17-13(10)19(18-12)9-2-3-9/h1,4-7,9H,2-3H2,(H2,14,16). The zero-order chi connectivity index (χ0) is 12.8. The predicted molar refractivity (Wildman–Crippen MR) is 71.2 cm³/mol. The van der Waals surface area contributed by atoms with Gasteiger partial charge in [0, 0.05) is 18.0 Å². The van der Waals surface area contributed by atoms with Crippen LogP contribution in [0.1, 0.15) is 18.9 Å². The van der Waals surface area contributed by atoms with E-state index in [1.54, 1.807) is 24.8 Å². The molecule has 0 atom stereocenters. The quantitative estimate of drug-likeness (QED) is 0.752. The molecule has 1 aliphatic carbocycles. The van der Waals surface area contributed by atoms with Crippen LogP contribution in [-0.2, 0) is 0 Å². The van der Waals surface area contributed by atoms with Gasteiger partial charge in [0.15, 0.2) is 5.65 Å². The number of nitrogen functional groups attached to an aromatic ring is 1. The van der Waals surface area contributed by atoms with Crippen LogP contribution in [0.25, 0.3) is 22.3 Å². The molecule has 2 N–H and O–H groups in total. The first kappa shape index (κ1) is 10.4. The minimum absolute atomic E-state index is 0.480. The topological polar surface area (TPSA) is 82.5 Å². The Labute approximate surface area is 109 Å². The molecule has 0 spiro atoms. The molecule has 0 radical (unpaired) electrons. The molecule has 6 heteroatoms. The number of anilines is 1. The summed E-state index contributed by atoms with van der Waals surface area (Å²) in [4.78, 5) is 12.6. The van der Waals surface area contributed by atoms with Gasteiger partial charge < -0.3 is 5.73 Å². The molecule has 6 nitrogen and oxygen atoms in total. The maximum Gasteiger partial charge on any atom is 0.162 e. The Hall–Kier alpha value is -2.50. The van der Waals surface area contributed by atoms with Crippen molar-refractivity contribution in [1.29, 1.82) is 0 Å². The van der Waals surface area contributed by atoms with Gasteiger partial charge in [0.25, 0.3) is 0 Å². The van der Waals surface area contributed by atoms with Crippen molar-refractivity contribution in [3.63, 3.8) is 0 Å². The number of rotatable bonds is 2. The monoisotopic (exact) mass is 252 g/mol. The Morgan fingerprint density at radius 1 is 1.16 bits per heavy atom. The molecule has 1 aliphatic rings. The second-order valence-corrected chi connectivity index (χ2v) is 4.76. The first-order valence-corrected chi connectivity index (χ1v) is 6.23. The Morgan fingerprint density at radius 2 is 2.05 bits per heavy atom. The molecule has 3 heterocycles. The highest BCUT2D eigenvalue weighted by atomic mass is 15.3. The van der Waals surface area contributed by atoms with E-state index in [-0.39, 0.29) is 0 Å². The second-order valence-electron chi connectivity index (χ2n) is 4.76. The summed E-state index contributed by atoms with van der Waals surface area (Å²) in [6.07, 6.45) is 7.44. The molecule has 0 saturated heterocycles. The van der Waals surface area contributed by atoms with Crippen LogP contribution in [0.5, 0.6) is 0 Å². The minimum atomic E-state index is 0.480. The highest BCUT2D eigenvalue weighted by Crippen LogP contribution is 2.38. The van der Waals surface area contributed by atoms with E-state index in [0.29, 0.717) is 11.9 Å². The van der Waals surface area contributed by atoms with Crippen molar-refractivity contribution in [1.82, 2.24) is 24.7 Å². The summed E-state index contributed by atoms with van der Waals surface area (Å²) in [7, 11) is 0. The van der Waals surface area contributed by atoms with Crippen LogP contribution in [0.2, 0.25) is 0 Å². The first-order valence-electron chi connectivity index (χ1n) is 6.23. The average molecular weight is 252 g/mol. The number of hydrogen-bond acceptors (Lipinski definition) is 5. The Bertz CT molecular complexity index is 741. The molecular formula is C13H12N6. The third-order valence-corrected chi connectivity index (χ3v) is 3.32. The van der Waals surface area contributed by atoms with E-state index in [9.17, 15) is 0 Å². The number of nitrogens with zero attached hydrogens (tertiary/aromatic N) is 5. The second kappa shape index (κ2) is 3.74. The highest BCUT2D eigenvalue weighted by molar-refractivity contribution is 5.90. The zero-order valence-corrected chi connectivity index (χ0v) is 10.2.